The molecule has 4 rings (SSSR count). The number of amides is 1. The van der Waals surface area contributed by atoms with E-state index in [1.165, 1.54) is 34.2 Å². The minimum atomic E-state index is -3.72. The molecule has 0 radical (unpaired) electrons. The minimum absolute atomic E-state index is 0.0597. The van der Waals surface area contributed by atoms with Gasteiger partial charge < -0.3 is 10.6 Å². The maximum atomic E-state index is 12.6. The highest BCUT2D eigenvalue weighted by Crippen LogP contribution is 2.37. The summed E-state index contributed by atoms with van der Waals surface area (Å²) >= 11 is 1.29. The van der Waals surface area contributed by atoms with E-state index < -0.39 is 10.0 Å². The Morgan fingerprint density at radius 3 is 2.42 bits per heavy atom. The normalized spacial score (nSPS) is 11.6. The molecule has 0 spiro atoms. The molecule has 0 saturated carbocycles. The van der Waals surface area contributed by atoms with E-state index >= 15 is 0 Å². The molecule has 4 aromatic rings. The van der Waals surface area contributed by atoms with E-state index in [0.717, 1.165) is 16.0 Å². The summed E-state index contributed by atoms with van der Waals surface area (Å²) in [6.45, 7) is 4.37. The van der Waals surface area contributed by atoms with Crippen LogP contribution in [0.4, 0.5) is 5.13 Å². The van der Waals surface area contributed by atoms with Crippen LogP contribution in [0.1, 0.15) is 25.5 Å². The van der Waals surface area contributed by atoms with Crippen molar-refractivity contribution in [1.29, 1.82) is 0 Å². The van der Waals surface area contributed by atoms with Crippen LogP contribution < -0.4 is 21.3 Å². The number of nitrogens with zero attached hydrogens (tertiary/aromatic N) is 3. The van der Waals surface area contributed by atoms with Gasteiger partial charge in [-0.3, -0.25) is 9.59 Å². The number of hydrogen-bond acceptors (Lipinski definition) is 8. The predicted molar refractivity (Wildman–Crippen MR) is 148 cm³/mol. The Kier molecular flexibility index (Phi) is 8.47. The van der Waals surface area contributed by atoms with Crippen molar-refractivity contribution in [3.05, 3.63) is 82.6 Å². The van der Waals surface area contributed by atoms with Crippen LogP contribution in [0.25, 0.3) is 21.8 Å². The summed E-state index contributed by atoms with van der Waals surface area (Å²) in [6, 6.07) is 19.0. The van der Waals surface area contributed by atoms with Crippen LogP contribution in [0.2, 0.25) is 0 Å². The van der Waals surface area contributed by atoms with Crippen LogP contribution in [0.5, 0.6) is 0 Å². The first kappa shape index (κ1) is 27.3. The van der Waals surface area contributed by atoms with Crippen molar-refractivity contribution in [3.8, 4) is 21.8 Å². The lowest BCUT2D eigenvalue weighted by Gasteiger charge is -2.09. The van der Waals surface area contributed by atoms with Gasteiger partial charge >= 0.3 is 0 Å². The standard InChI is InChI=1S/C26H28N6O4S2/c1-17(2)32-23(34)13-12-21(31-32)25-24(19-6-4-3-5-7-19)30-26(37-25)29-22(33)16-28-15-14-18-8-10-20(11-9-18)38(27,35)36/h3-13,17,28H,14-16H2,1-2H3,(H2,27,35,36)(H,29,30,33). The van der Waals surface area contributed by atoms with E-state index in [4.69, 9.17) is 5.14 Å². The van der Waals surface area contributed by atoms with E-state index in [0.29, 0.717) is 29.5 Å². The molecule has 198 valence electrons. The number of carbonyl (C=O) groups excluding carboxylic acids is 1. The molecule has 4 N–H and O–H groups in total. The quantitative estimate of drug-likeness (QED) is 0.256. The third kappa shape index (κ3) is 6.78. The summed E-state index contributed by atoms with van der Waals surface area (Å²) in [5, 5.41) is 16.0. The zero-order valence-electron chi connectivity index (χ0n) is 20.9. The topological polar surface area (TPSA) is 149 Å². The zero-order chi connectivity index (χ0) is 27.3. The molecule has 1 amide bonds. The first-order valence-electron chi connectivity index (χ1n) is 11.9. The molecule has 2 aromatic heterocycles. The Balaban J connectivity index is 1.44. The van der Waals surface area contributed by atoms with Gasteiger partial charge in [-0.1, -0.05) is 53.8 Å². The van der Waals surface area contributed by atoms with Crippen LogP contribution in [-0.2, 0) is 21.2 Å². The molecule has 0 aliphatic heterocycles. The number of sulfonamides is 1. The summed E-state index contributed by atoms with van der Waals surface area (Å²) in [7, 11) is -3.72. The van der Waals surface area contributed by atoms with Gasteiger partial charge in [0.05, 0.1) is 28.1 Å². The average Bonchev–Trinajstić information content (AvgIpc) is 3.30. The van der Waals surface area contributed by atoms with E-state index in [9.17, 15) is 18.0 Å². The van der Waals surface area contributed by atoms with Crippen molar-refractivity contribution < 1.29 is 13.2 Å². The van der Waals surface area contributed by atoms with Crippen molar-refractivity contribution >= 4 is 32.4 Å². The van der Waals surface area contributed by atoms with Crippen molar-refractivity contribution in [2.75, 3.05) is 18.4 Å². The van der Waals surface area contributed by atoms with E-state index in [2.05, 4.69) is 20.7 Å². The number of anilines is 1. The maximum Gasteiger partial charge on any atom is 0.267 e. The maximum absolute atomic E-state index is 12.6. The van der Waals surface area contributed by atoms with Gasteiger partial charge in [-0.2, -0.15) is 5.10 Å². The van der Waals surface area contributed by atoms with Crippen LogP contribution in [0.15, 0.2) is 76.4 Å². The summed E-state index contributed by atoms with van der Waals surface area (Å²) in [4.78, 5) is 30.3. The average molecular weight is 553 g/mol. The Bertz CT molecular complexity index is 1580. The van der Waals surface area contributed by atoms with E-state index in [1.54, 1.807) is 18.2 Å². The molecule has 0 unspecified atom stereocenters. The van der Waals surface area contributed by atoms with E-state index in [1.807, 2.05) is 44.2 Å². The fourth-order valence-corrected chi connectivity index (χ4v) is 5.18. The molecule has 2 aromatic carbocycles. The number of aromatic nitrogens is 3. The fraction of sp³-hybridized carbons (Fsp3) is 0.231. The zero-order valence-corrected chi connectivity index (χ0v) is 22.6. The van der Waals surface area contributed by atoms with Crippen LogP contribution in [-0.4, -0.2) is 42.2 Å². The van der Waals surface area contributed by atoms with Gasteiger partial charge in [0.25, 0.3) is 5.56 Å². The lowest BCUT2D eigenvalue weighted by molar-refractivity contribution is -0.115. The highest BCUT2D eigenvalue weighted by Gasteiger charge is 2.19. The molecule has 38 heavy (non-hydrogen) atoms. The predicted octanol–water partition coefficient (Wildman–Crippen LogP) is 3.03. The molecule has 0 atom stereocenters. The van der Waals surface area contributed by atoms with Crippen molar-refractivity contribution in [1.82, 2.24) is 20.1 Å². The first-order chi connectivity index (χ1) is 18.1. The second-order valence-corrected chi connectivity index (χ2v) is 11.4. The molecule has 0 aliphatic rings. The number of benzene rings is 2. The smallest absolute Gasteiger partial charge is 0.267 e. The number of carbonyl (C=O) groups is 1. The SMILES string of the molecule is CC(C)n1nc(-c2sc(NC(=O)CNCCc3ccc(S(N)(=O)=O)cc3)nc2-c2ccccc2)ccc1=O. The second-order valence-electron chi connectivity index (χ2n) is 8.82. The molecular formula is C26H28N6O4S2. The second kappa shape index (κ2) is 11.8. The van der Waals surface area contributed by atoms with Crippen LogP contribution in [0, 0.1) is 0 Å². The van der Waals surface area contributed by atoms with E-state index in [-0.39, 0.29) is 28.9 Å². The molecule has 0 bridgehead atoms. The molecule has 12 heteroatoms. The minimum Gasteiger partial charge on any atom is -0.308 e. The van der Waals surface area contributed by atoms with Gasteiger partial charge in [-0.15, -0.1) is 0 Å². The molecule has 0 saturated heterocycles. The summed E-state index contributed by atoms with van der Waals surface area (Å²) in [6.07, 6.45) is 0.606. The fourth-order valence-electron chi connectivity index (χ4n) is 3.70. The summed E-state index contributed by atoms with van der Waals surface area (Å²) in [5.74, 6) is -0.255. The van der Waals surface area contributed by atoms with Gasteiger partial charge in [0.15, 0.2) is 5.13 Å². The third-order valence-corrected chi connectivity index (χ3v) is 7.52. The Morgan fingerprint density at radius 1 is 1.05 bits per heavy atom. The number of rotatable bonds is 10. The molecule has 10 nitrogen and oxygen atoms in total. The summed E-state index contributed by atoms with van der Waals surface area (Å²) in [5.41, 5.74) is 2.87. The number of nitrogens with one attached hydrogen (secondary N) is 2. The Morgan fingerprint density at radius 2 is 1.76 bits per heavy atom. The van der Waals surface area contributed by atoms with Gasteiger partial charge in [0.2, 0.25) is 15.9 Å². The van der Waals surface area contributed by atoms with Gasteiger partial charge in [0, 0.05) is 11.6 Å². The lowest BCUT2D eigenvalue weighted by Crippen LogP contribution is -2.29. The van der Waals surface area contributed by atoms with Crippen molar-refractivity contribution in [2.24, 2.45) is 5.14 Å². The number of thiazole rings is 1. The van der Waals surface area contributed by atoms with Crippen molar-refractivity contribution in [2.45, 2.75) is 31.2 Å². The van der Waals surface area contributed by atoms with Crippen LogP contribution >= 0.6 is 11.3 Å². The molecular weight excluding hydrogens is 524 g/mol. The lowest BCUT2D eigenvalue weighted by atomic mass is 10.1. The van der Waals surface area contributed by atoms with Crippen LogP contribution in [0.3, 0.4) is 0 Å². The Labute approximate surface area is 224 Å². The first-order valence-corrected chi connectivity index (χ1v) is 14.3. The van der Waals surface area contributed by atoms with Crippen molar-refractivity contribution in [3.63, 3.8) is 0 Å². The number of primary sulfonamides is 1. The molecule has 2 heterocycles. The van der Waals surface area contributed by atoms with Gasteiger partial charge in [0.1, 0.15) is 5.69 Å². The van der Waals surface area contributed by atoms with Gasteiger partial charge in [-0.25, -0.2) is 23.2 Å². The molecule has 0 fully saturated rings. The molecule has 0 aliphatic carbocycles. The highest BCUT2D eigenvalue weighted by molar-refractivity contribution is 7.89. The Hall–Kier alpha value is -3.71. The third-order valence-electron chi connectivity index (χ3n) is 5.60. The highest BCUT2D eigenvalue weighted by atomic mass is 32.2. The monoisotopic (exact) mass is 552 g/mol. The largest absolute Gasteiger partial charge is 0.308 e. The summed E-state index contributed by atoms with van der Waals surface area (Å²) < 4.78 is 24.2. The number of hydrogen-bond donors (Lipinski definition) is 3. The number of nitrogens with two attached hydrogens (primary N) is 1. The van der Waals surface area contributed by atoms with Gasteiger partial charge in [-0.05, 0) is 50.6 Å².